The van der Waals surface area contributed by atoms with Gasteiger partial charge in [-0.3, -0.25) is 0 Å². The van der Waals surface area contributed by atoms with E-state index in [0.717, 1.165) is 11.8 Å². The van der Waals surface area contributed by atoms with E-state index in [4.69, 9.17) is 0 Å². The van der Waals surface area contributed by atoms with E-state index < -0.39 is 0 Å². The largest absolute Gasteiger partial charge is 0.0654 e. The molecule has 0 spiro atoms. The van der Waals surface area contributed by atoms with E-state index in [2.05, 4.69) is 13.8 Å². The minimum Gasteiger partial charge on any atom is -0.0654 e. The lowest BCUT2D eigenvalue weighted by molar-refractivity contribution is 0.595. The summed E-state index contributed by atoms with van der Waals surface area (Å²) in [5.74, 6) is 2.19. The van der Waals surface area contributed by atoms with Crippen LogP contribution in [0.15, 0.2) is 0 Å². The molecule has 1 aliphatic carbocycles. The lowest BCUT2D eigenvalue weighted by Crippen LogP contribution is -1.79. The topological polar surface area (TPSA) is 0 Å². The van der Waals surface area contributed by atoms with Crippen molar-refractivity contribution in [2.45, 2.75) is 46.0 Å². The molecule has 1 rings (SSSR count). The van der Waals surface area contributed by atoms with Crippen LogP contribution in [-0.2, 0) is 0 Å². The standard InChI is InChI=1S/C9H18/c1-3-4-5-6-9-7-8(9)2/h8-9H,3-7H2,1-2H3. The minimum atomic E-state index is 1.07. The maximum Gasteiger partial charge on any atom is -0.0386 e. The molecule has 0 aromatic heterocycles. The molecule has 9 heavy (non-hydrogen) atoms. The normalized spacial score (nSPS) is 32.7. The molecule has 0 N–H and O–H groups in total. The highest BCUT2D eigenvalue weighted by Gasteiger charge is 2.30. The number of unbranched alkanes of at least 4 members (excludes halogenated alkanes) is 2. The molecule has 2 unspecified atom stereocenters. The van der Waals surface area contributed by atoms with Gasteiger partial charge < -0.3 is 0 Å². The van der Waals surface area contributed by atoms with Gasteiger partial charge in [0, 0.05) is 0 Å². The predicted octanol–water partition coefficient (Wildman–Crippen LogP) is 3.22. The zero-order valence-corrected chi connectivity index (χ0v) is 6.69. The lowest BCUT2D eigenvalue weighted by Gasteiger charge is -1.94. The second-order valence-corrected chi connectivity index (χ2v) is 3.47. The van der Waals surface area contributed by atoms with Gasteiger partial charge in [-0.15, -0.1) is 0 Å². The van der Waals surface area contributed by atoms with Gasteiger partial charge in [0.25, 0.3) is 0 Å². The van der Waals surface area contributed by atoms with Crippen LogP contribution in [0.5, 0.6) is 0 Å². The van der Waals surface area contributed by atoms with Crippen LogP contribution < -0.4 is 0 Å². The summed E-state index contributed by atoms with van der Waals surface area (Å²) in [6, 6.07) is 0. The van der Waals surface area contributed by atoms with Crippen LogP contribution in [0.2, 0.25) is 0 Å². The third-order valence-electron chi connectivity index (χ3n) is 2.45. The molecule has 0 saturated heterocycles. The molecular formula is C9H18. The van der Waals surface area contributed by atoms with Gasteiger partial charge in [0.05, 0.1) is 0 Å². The van der Waals surface area contributed by atoms with Crippen molar-refractivity contribution in [3.63, 3.8) is 0 Å². The monoisotopic (exact) mass is 126 g/mol. The molecule has 0 heterocycles. The zero-order valence-electron chi connectivity index (χ0n) is 6.69. The van der Waals surface area contributed by atoms with Crippen LogP contribution in [0, 0.1) is 11.8 Å². The molecule has 0 bridgehead atoms. The Bertz CT molecular complexity index is 76.1. The molecule has 0 aromatic rings. The third kappa shape index (κ3) is 2.38. The number of hydrogen-bond donors (Lipinski definition) is 0. The Morgan fingerprint density at radius 2 is 2.00 bits per heavy atom. The highest BCUT2D eigenvalue weighted by molar-refractivity contribution is 4.81. The van der Waals surface area contributed by atoms with Crippen molar-refractivity contribution in [1.82, 2.24) is 0 Å². The van der Waals surface area contributed by atoms with E-state index in [-0.39, 0.29) is 0 Å². The number of hydrogen-bond acceptors (Lipinski definition) is 0. The van der Waals surface area contributed by atoms with E-state index in [0.29, 0.717) is 0 Å². The highest BCUT2D eigenvalue weighted by Crippen LogP contribution is 2.41. The van der Waals surface area contributed by atoms with Crippen molar-refractivity contribution < 1.29 is 0 Å². The first-order valence-electron chi connectivity index (χ1n) is 4.34. The van der Waals surface area contributed by atoms with Gasteiger partial charge >= 0.3 is 0 Å². The maximum absolute atomic E-state index is 2.37. The van der Waals surface area contributed by atoms with Crippen LogP contribution in [0.25, 0.3) is 0 Å². The van der Waals surface area contributed by atoms with E-state index in [1.54, 1.807) is 0 Å². The molecular weight excluding hydrogens is 108 g/mol. The molecule has 0 nitrogen and oxygen atoms in total. The summed E-state index contributed by atoms with van der Waals surface area (Å²) >= 11 is 0. The van der Waals surface area contributed by atoms with Crippen molar-refractivity contribution in [1.29, 1.82) is 0 Å². The molecule has 1 aliphatic rings. The van der Waals surface area contributed by atoms with Crippen molar-refractivity contribution >= 4 is 0 Å². The Balaban J connectivity index is 1.83. The molecule has 0 amide bonds. The van der Waals surface area contributed by atoms with Crippen molar-refractivity contribution in [2.75, 3.05) is 0 Å². The third-order valence-corrected chi connectivity index (χ3v) is 2.45. The predicted molar refractivity (Wildman–Crippen MR) is 41.4 cm³/mol. The minimum absolute atomic E-state index is 1.07. The Hall–Kier alpha value is 0. The van der Waals surface area contributed by atoms with E-state index >= 15 is 0 Å². The highest BCUT2D eigenvalue weighted by atomic mass is 14.4. The molecule has 0 aromatic carbocycles. The van der Waals surface area contributed by atoms with Gasteiger partial charge in [0.2, 0.25) is 0 Å². The van der Waals surface area contributed by atoms with Gasteiger partial charge in [0.1, 0.15) is 0 Å². The van der Waals surface area contributed by atoms with E-state index in [1.165, 1.54) is 32.1 Å². The number of rotatable bonds is 4. The Morgan fingerprint density at radius 3 is 2.44 bits per heavy atom. The van der Waals surface area contributed by atoms with Crippen LogP contribution in [-0.4, -0.2) is 0 Å². The first-order valence-corrected chi connectivity index (χ1v) is 4.34. The summed E-state index contributed by atoms with van der Waals surface area (Å²) in [5, 5.41) is 0. The van der Waals surface area contributed by atoms with Crippen molar-refractivity contribution in [2.24, 2.45) is 11.8 Å². The summed E-state index contributed by atoms with van der Waals surface area (Å²) < 4.78 is 0. The smallest absolute Gasteiger partial charge is 0.0386 e. The fourth-order valence-corrected chi connectivity index (χ4v) is 1.46. The fraction of sp³-hybridized carbons (Fsp3) is 1.00. The first kappa shape index (κ1) is 7.11. The first-order chi connectivity index (χ1) is 4.34. The van der Waals surface area contributed by atoms with Crippen LogP contribution in [0.4, 0.5) is 0 Å². The molecule has 0 radical (unpaired) electrons. The molecule has 54 valence electrons. The maximum atomic E-state index is 2.37. The molecule has 2 atom stereocenters. The van der Waals surface area contributed by atoms with E-state index in [1.807, 2.05) is 0 Å². The molecule has 0 aliphatic heterocycles. The Labute approximate surface area is 58.7 Å². The van der Waals surface area contributed by atoms with Crippen molar-refractivity contribution in [3.8, 4) is 0 Å². The summed E-state index contributed by atoms with van der Waals surface area (Å²) in [4.78, 5) is 0. The lowest BCUT2D eigenvalue weighted by atomic mass is 10.1. The molecule has 1 saturated carbocycles. The van der Waals surface area contributed by atoms with Crippen LogP contribution >= 0.6 is 0 Å². The van der Waals surface area contributed by atoms with E-state index in [9.17, 15) is 0 Å². The van der Waals surface area contributed by atoms with Crippen molar-refractivity contribution in [3.05, 3.63) is 0 Å². The van der Waals surface area contributed by atoms with Gasteiger partial charge in [-0.25, -0.2) is 0 Å². The Kier molecular flexibility index (Phi) is 2.56. The quantitative estimate of drug-likeness (QED) is 0.507. The van der Waals surface area contributed by atoms with Gasteiger partial charge in [-0.2, -0.15) is 0 Å². The zero-order chi connectivity index (χ0) is 6.69. The Morgan fingerprint density at radius 1 is 1.33 bits per heavy atom. The second kappa shape index (κ2) is 3.24. The molecule has 0 heteroatoms. The summed E-state index contributed by atoms with van der Waals surface area (Å²) in [5.41, 5.74) is 0. The van der Waals surface area contributed by atoms with Gasteiger partial charge in [-0.05, 0) is 18.3 Å². The van der Waals surface area contributed by atoms with Crippen LogP contribution in [0.1, 0.15) is 46.0 Å². The average Bonchev–Trinajstić information content (AvgIpc) is 2.48. The van der Waals surface area contributed by atoms with Gasteiger partial charge in [0.15, 0.2) is 0 Å². The SMILES string of the molecule is CCCCCC1CC1C. The molecule has 1 fully saturated rings. The average molecular weight is 126 g/mol. The summed E-state index contributed by atoms with van der Waals surface area (Å²) in [7, 11) is 0. The van der Waals surface area contributed by atoms with Crippen LogP contribution in [0.3, 0.4) is 0 Å². The second-order valence-electron chi connectivity index (χ2n) is 3.47. The van der Waals surface area contributed by atoms with Gasteiger partial charge in [-0.1, -0.05) is 39.5 Å². The summed E-state index contributed by atoms with van der Waals surface area (Å²) in [6.45, 7) is 4.65. The fourth-order valence-electron chi connectivity index (χ4n) is 1.46. The summed E-state index contributed by atoms with van der Waals surface area (Å²) in [6.07, 6.45) is 7.33.